The van der Waals surface area contributed by atoms with Crippen molar-refractivity contribution >= 4 is 17.2 Å². The molecule has 1 aromatic rings. The van der Waals surface area contributed by atoms with Crippen LogP contribution in [0, 0.1) is 0 Å². The Labute approximate surface area is 95.7 Å². The molecule has 0 heterocycles. The van der Waals surface area contributed by atoms with Crippen molar-refractivity contribution < 1.29 is 4.74 Å². The summed E-state index contributed by atoms with van der Waals surface area (Å²) in [5.41, 5.74) is 2.42. The molecule has 0 spiro atoms. The number of rotatable bonds is 2. The molecule has 0 bridgehead atoms. The molecule has 1 aliphatic carbocycles. The smallest absolute Gasteiger partial charge is 0.0993 e. The third kappa shape index (κ3) is 2.18. The summed E-state index contributed by atoms with van der Waals surface area (Å²) < 4.78 is 5.43. The summed E-state index contributed by atoms with van der Waals surface area (Å²) in [4.78, 5) is 0. The molecule has 0 aromatic heterocycles. The first-order chi connectivity index (χ1) is 7.33. The molecule has 15 heavy (non-hydrogen) atoms. The van der Waals surface area contributed by atoms with Crippen LogP contribution < -0.4 is 0 Å². The fraction of sp³-hybridized carbons (Fsp3) is 0.385. The van der Waals surface area contributed by atoms with Crippen molar-refractivity contribution in [2.45, 2.75) is 25.7 Å². The van der Waals surface area contributed by atoms with Crippen molar-refractivity contribution in [2.75, 3.05) is 7.11 Å². The second-order valence-corrected chi connectivity index (χ2v) is 4.20. The van der Waals surface area contributed by atoms with E-state index in [-0.39, 0.29) is 0 Å². The van der Waals surface area contributed by atoms with Gasteiger partial charge in [-0.1, -0.05) is 29.8 Å². The zero-order valence-electron chi connectivity index (χ0n) is 8.92. The van der Waals surface area contributed by atoms with Crippen LogP contribution in [0.4, 0.5) is 0 Å². The van der Waals surface area contributed by atoms with Gasteiger partial charge in [0.15, 0.2) is 0 Å². The van der Waals surface area contributed by atoms with Gasteiger partial charge in [-0.2, -0.15) is 0 Å². The summed E-state index contributed by atoms with van der Waals surface area (Å²) in [7, 11) is 1.75. The second-order valence-electron chi connectivity index (χ2n) is 3.79. The van der Waals surface area contributed by atoms with Gasteiger partial charge in [-0.15, -0.1) is 0 Å². The van der Waals surface area contributed by atoms with E-state index in [1.165, 1.54) is 18.4 Å². The summed E-state index contributed by atoms with van der Waals surface area (Å²) in [6.07, 6.45) is 4.56. The predicted octanol–water partition coefficient (Wildman–Crippen LogP) is 4.27. The van der Waals surface area contributed by atoms with Crippen molar-refractivity contribution in [3.8, 4) is 0 Å². The number of allylic oxidation sites excluding steroid dienone is 2. The highest BCUT2D eigenvalue weighted by molar-refractivity contribution is 6.32. The number of halogens is 1. The van der Waals surface area contributed by atoms with E-state index in [4.69, 9.17) is 16.3 Å². The van der Waals surface area contributed by atoms with Crippen LogP contribution in [0.3, 0.4) is 0 Å². The van der Waals surface area contributed by atoms with Gasteiger partial charge in [0.05, 0.1) is 12.9 Å². The van der Waals surface area contributed by atoms with E-state index in [2.05, 4.69) is 6.07 Å². The zero-order chi connectivity index (χ0) is 10.7. The quantitative estimate of drug-likeness (QED) is 0.726. The van der Waals surface area contributed by atoms with Crippen LogP contribution in [0.15, 0.2) is 30.0 Å². The van der Waals surface area contributed by atoms with E-state index < -0.39 is 0 Å². The number of ether oxygens (including phenoxy) is 1. The highest BCUT2D eigenvalue weighted by atomic mass is 35.5. The lowest BCUT2D eigenvalue weighted by Gasteiger charge is -2.20. The maximum absolute atomic E-state index is 6.19. The van der Waals surface area contributed by atoms with Gasteiger partial charge in [-0.25, -0.2) is 0 Å². The molecule has 2 rings (SSSR count). The van der Waals surface area contributed by atoms with Crippen molar-refractivity contribution in [2.24, 2.45) is 0 Å². The van der Waals surface area contributed by atoms with Crippen LogP contribution in [0.5, 0.6) is 0 Å². The van der Waals surface area contributed by atoms with E-state index in [0.29, 0.717) is 0 Å². The van der Waals surface area contributed by atoms with Crippen molar-refractivity contribution in [3.05, 3.63) is 40.6 Å². The molecular formula is C13H15ClO. The Morgan fingerprint density at radius 3 is 2.60 bits per heavy atom. The first-order valence-corrected chi connectivity index (χ1v) is 5.71. The molecule has 0 N–H and O–H groups in total. The third-order valence-corrected chi connectivity index (χ3v) is 3.19. The molecule has 0 saturated carbocycles. The highest BCUT2D eigenvalue weighted by Gasteiger charge is 2.16. The van der Waals surface area contributed by atoms with Gasteiger partial charge < -0.3 is 4.74 Å². The maximum Gasteiger partial charge on any atom is 0.0993 e. The molecular weight excluding hydrogens is 208 g/mol. The second kappa shape index (κ2) is 4.71. The number of hydrogen-bond donors (Lipinski definition) is 0. The van der Waals surface area contributed by atoms with E-state index in [9.17, 15) is 0 Å². The predicted molar refractivity (Wildman–Crippen MR) is 63.8 cm³/mol. The number of hydrogen-bond acceptors (Lipinski definition) is 1. The average molecular weight is 223 g/mol. The maximum atomic E-state index is 6.19. The van der Waals surface area contributed by atoms with E-state index in [1.54, 1.807) is 7.11 Å². The van der Waals surface area contributed by atoms with Crippen LogP contribution in [0.25, 0.3) is 5.57 Å². The number of methoxy groups -OCH3 is 1. The average Bonchev–Trinajstić information content (AvgIpc) is 2.30. The molecule has 0 fully saturated rings. The Balaban J connectivity index is 2.44. The van der Waals surface area contributed by atoms with E-state index >= 15 is 0 Å². The Bertz CT molecular complexity index is 382. The molecule has 1 aliphatic rings. The van der Waals surface area contributed by atoms with Crippen molar-refractivity contribution in [1.29, 1.82) is 0 Å². The SMILES string of the molecule is COC1=C(c2ccccc2Cl)CCCC1. The van der Waals surface area contributed by atoms with Gasteiger partial charge in [-0.05, 0) is 36.5 Å². The lowest BCUT2D eigenvalue weighted by Crippen LogP contribution is -2.01. The summed E-state index contributed by atoms with van der Waals surface area (Å²) in [6.45, 7) is 0. The molecule has 2 heteroatoms. The minimum Gasteiger partial charge on any atom is -0.501 e. The molecule has 0 amide bonds. The Kier molecular flexibility index (Phi) is 3.32. The van der Waals surface area contributed by atoms with Crippen molar-refractivity contribution in [3.63, 3.8) is 0 Å². The fourth-order valence-corrected chi connectivity index (χ4v) is 2.34. The minimum atomic E-state index is 0.823. The lowest BCUT2D eigenvalue weighted by molar-refractivity contribution is 0.270. The van der Waals surface area contributed by atoms with E-state index in [1.807, 2.05) is 18.2 Å². The Morgan fingerprint density at radius 1 is 1.13 bits per heavy atom. The molecule has 0 radical (unpaired) electrons. The minimum absolute atomic E-state index is 0.823. The molecule has 80 valence electrons. The Hall–Kier alpha value is -0.950. The van der Waals surface area contributed by atoms with Gasteiger partial charge in [0.25, 0.3) is 0 Å². The molecule has 1 aromatic carbocycles. The van der Waals surface area contributed by atoms with Gasteiger partial charge >= 0.3 is 0 Å². The first-order valence-electron chi connectivity index (χ1n) is 5.34. The van der Waals surface area contributed by atoms with Gasteiger partial charge in [0.2, 0.25) is 0 Å². The normalized spacial score (nSPS) is 16.7. The monoisotopic (exact) mass is 222 g/mol. The topological polar surface area (TPSA) is 9.23 Å². The van der Waals surface area contributed by atoms with Crippen LogP contribution in [0.2, 0.25) is 5.02 Å². The van der Waals surface area contributed by atoms with Gasteiger partial charge in [0.1, 0.15) is 0 Å². The fourth-order valence-electron chi connectivity index (χ4n) is 2.09. The van der Waals surface area contributed by atoms with Crippen LogP contribution in [-0.2, 0) is 4.74 Å². The molecule has 1 nitrogen and oxygen atoms in total. The van der Waals surface area contributed by atoms with Crippen LogP contribution in [-0.4, -0.2) is 7.11 Å². The lowest BCUT2D eigenvalue weighted by atomic mass is 9.92. The van der Waals surface area contributed by atoms with Gasteiger partial charge in [0, 0.05) is 11.4 Å². The van der Waals surface area contributed by atoms with Gasteiger partial charge in [-0.3, -0.25) is 0 Å². The molecule has 0 unspecified atom stereocenters. The summed E-state index contributed by atoms with van der Waals surface area (Å²) in [5, 5.41) is 0.823. The third-order valence-electron chi connectivity index (χ3n) is 2.86. The van der Waals surface area contributed by atoms with Crippen molar-refractivity contribution in [1.82, 2.24) is 0 Å². The highest BCUT2D eigenvalue weighted by Crippen LogP contribution is 2.35. The molecule has 0 saturated heterocycles. The standard InChI is InChI=1S/C13H15ClO/c1-15-13-9-5-3-7-11(13)10-6-2-4-8-12(10)14/h2,4,6,8H,3,5,7,9H2,1H3. The molecule has 0 aliphatic heterocycles. The Morgan fingerprint density at radius 2 is 1.87 bits per heavy atom. The van der Waals surface area contributed by atoms with Crippen LogP contribution in [0.1, 0.15) is 31.2 Å². The summed E-state index contributed by atoms with van der Waals surface area (Å²) >= 11 is 6.19. The molecule has 0 atom stereocenters. The largest absolute Gasteiger partial charge is 0.501 e. The van der Waals surface area contributed by atoms with E-state index in [0.717, 1.165) is 29.2 Å². The summed E-state index contributed by atoms with van der Waals surface area (Å²) in [5.74, 6) is 1.11. The number of benzene rings is 1. The van der Waals surface area contributed by atoms with Crippen LogP contribution >= 0.6 is 11.6 Å². The summed E-state index contributed by atoms with van der Waals surface area (Å²) in [6, 6.07) is 7.99. The first kappa shape index (κ1) is 10.6. The zero-order valence-corrected chi connectivity index (χ0v) is 9.68.